The minimum absolute atomic E-state index is 0.000496. The molecule has 2 aliphatic rings. The first-order chi connectivity index (χ1) is 14.6. The summed E-state index contributed by atoms with van der Waals surface area (Å²) < 4.78 is 6.41. The molecule has 1 aliphatic carbocycles. The predicted octanol–water partition coefficient (Wildman–Crippen LogP) is 3.29. The van der Waals surface area contributed by atoms with E-state index >= 15 is 0 Å². The topological polar surface area (TPSA) is 78.3 Å². The Balaban J connectivity index is 1.50. The lowest BCUT2D eigenvalue weighted by Gasteiger charge is -2.41. The third-order valence-electron chi connectivity index (χ3n) is 5.61. The van der Waals surface area contributed by atoms with Crippen molar-refractivity contribution in [1.29, 1.82) is 5.26 Å². The highest BCUT2D eigenvalue weighted by Gasteiger charge is 2.35. The van der Waals surface area contributed by atoms with E-state index in [9.17, 15) is 10.1 Å². The maximum Gasteiger partial charge on any atom is 0.269 e. The van der Waals surface area contributed by atoms with Gasteiger partial charge in [0.25, 0.3) is 5.91 Å². The number of ether oxygens (including phenoxy) is 1. The van der Waals surface area contributed by atoms with Gasteiger partial charge in [0.05, 0.1) is 29.5 Å². The molecule has 2 aromatic rings. The van der Waals surface area contributed by atoms with Crippen molar-refractivity contribution in [2.24, 2.45) is 0 Å². The SMILES string of the molecule is C/C=C(\NC)C(=O)N1CC(OC2CC(c3cccc(C#N)c3)=Cc3ccncc32)C1. The van der Waals surface area contributed by atoms with E-state index in [1.807, 2.05) is 43.5 Å². The van der Waals surface area contributed by atoms with Gasteiger partial charge in [0, 0.05) is 44.5 Å². The number of benzene rings is 1. The van der Waals surface area contributed by atoms with Gasteiger partial charge in [0.1, 0.15) is 0 Å². The lowest BCUT2D eigenvalue weighted by molar-refractivity contribution is -0.146. The molecular formula is C24H24N4O2. The monoisotopic (exact) mass is 400 g/mol. The molecule has 0 radical (unpaired) electrons. The molecule has 1 N–H and O–H groups in total. The summed E-state index contributed by atoms with van der Waals surface area (Å²) in [4.78, 5) is 18.5. The van der Waals surface area contributed by atoms with Crippen molar-refractivity contribution in [2.45, 2.75) is 25.6 Å². The number of aromatic nitrogens is 1. The molecule has 1 aromatic heterocycles. The number of hydrogen-bond acceptors (Lipinski definition) is 5. The van der Waals surface area contributed by atoms with Crippen LogP contribution in [0.4, 0.5) is 0 Å². The zero-order chi connectivity index (χ0) is 21.1. The van der Waals surface area contributed by atoms with E-state index in [1.165, 1.54) is 0 Å². The lowest BCUT2D eigenvalue weighted by atomic mass is 9.87. The first kappa shape index (κ1) is 19.9. The summed E-state index contributed by atoms with van der Waals surface area (Å²) in [7, 11) is 1.75. The fourth-order valence-electron chi connectivity index (χ4n) is 3.95. The molecule has 4 rings (SSSR count). The molecule has 1 unspecified atom stereocenters. The standard InChI is InChI=1S/C24H24N4O2/c1-3-22(26-2)24(29)28-14-20(15-28)30-23-11-19(10-18-7-8-27-13-21(18)23)17-6-4-5-16(9-17)12-25/h3-10,13,20,23,26H,11,14-15H2,1-2H3/b22-3-. The third kappa shape index (κ3) is 3.85. The van der Waals surface area contributed by atoms with Gasteiger partial charge in [-0.3, -0.25) is 9.78 Å². The van der Waals surface area contributed by atoms with Crippen LogP contribution in [0.25, 0.3) is 11.6 Å². The summed E-state index contributed by atoms with van der Waals surface area (Å²) in [6.45, 7) is 3.00. The second kappa shape index (κ2) is 8.52. The maximum absolute atomic E-state index is 12.4. The number of nitrogens with one attached hydrogen (secondary N) is 1. The van der Waals surface area contributed by atoms with E-state index in [2.05, 4.69) is 22.4 Å². The van der Waals surface area contributed by atoms with Gasteiger partial charge in [-0.1, -0.05) is 24.3 Å². The number of fused-ring (bicyclic) bond motifs is 1. The van der Waals surface area contributed by atoms with Crippen LogP contribution in [0.2, 0.25) is 0 Å². The summed E-state index contributed by atoms with van der Waals surface area (Å²) in [5, 5.41) is 12.2. The van der Waals surface area contributed by atoms with Crippen LogP contribution in [0.1, 0.15) is 41.7 Å². The van der Waals surface area contributed by atoms with E-state index < -0.39 is 0 Å². The summed E-state index contributed by atoms with van der Waals surface area (Å²) >= 11 is 0. The largest absolute Gasteiger partial charge is 0.384 e. The first-order valence-corrected chi connectivity index (χ1v) is 10.1. The number of allylic oxidation sites excluding steroid dienone is 1. The number of nitrogens with zero attached hydrogens (tertiary/aromatic N) is 3. The highest BCUT2D eigenvalue weighted by Crippen LogP contribution is 2.40. The van der Waals surface area contributed by atoms with Crippen molar-refractivity contribution in [2.75, 3.05) is 20.1 Å². The maximum atomic E-state index is 12.4. The average Bonchev–Trinajstić information content (AvgIpc) is 2.76. The Labute approximate surface area is 176 Å². The normalized spacial score (nSPS) is 18.7. The van der Waals surface area contributed by atoms with Gasteiger partial charge >= 0.3 is 0 Å². The molecule has 6 nitrogen and oxygen atoms in total. The second-order valence-corrected chi connectivity index (χ2v) is 7.48. The Kier molecular flexibility index (Phi) is 5.64. The number of likely N-dealkylation sites (N-methyl/N-ethyl adjacent to an activating group) is 1. The lowest BCUT2D eigenvalue weighted by Crippen LogP contribution is -2.56. The number of nitriles is 1. The number of amides is 1. The molecule has 1 amide bonds. The Morgan fingerprint density at radius 2 is 2.20 bits per heavy atom. The molecule has 1 saturated heterocycles. The van der Waals surface area contributed by atoms with Crippen LogP contribution in [0.3, 0.4) is 0 Å². The van der Waals surface area contributed by atoms with Crippen molar-refractivity contribution >= 4 is 17.6 Å². The van der Waals surface area contributed by atoms with Crippen LogP contribution in [-0.4, -0.2) is 42.0 Å². The van der Waals surface area contributed by atoms with E-state index in [0.717, 1.165) is 22.3 Å². The van der Waals surface area contributed by atoms with E-state index in [0.29, 0.717) is 30.8 Å². The van der Waals surface area contributed by atoms with Gasteiger partial charge in [0.2, 0.25) is 0 Å². The molecule has 1 atom stereocenters. The molecule has 0 bridgehead atoms. The fraction of sp³-hybridized carbons (Fsp3) is 0.292. The van der Waals surface area contributed by atoms with Crippen molar-refractivity contribution in [3.8, 4) is 6.07 Å². The van der Waals surface area contributed by atoms with Gasteiger partial charge in [-0.2, -0.15) is 5.26 Å². The Morgan fingerprint density at radius 3 is 2.93 bits per heavy atom. The summed E-state index contributed by atoms with van der Waals surface area (Å²) in [5.74, 6) is -0.000496. The molecule has 30 heavy (non-hydrogen) atoms. The van der Waals surface area contributed by atoms with Crippen LogP contribution >= 0.6 is 0 Å². The third-order valence-corrected chi connectivity index (χ3v) is 5.61. The van der Waals surface area contributed by atoms with Gasteiger partial charge in [-0.05, 0) is 41.8 Å². The van der Waals surface area contributed by atoms with E-state index in [4.69, 9.17) is 4.74 Å². The summed E-state index contributed by atoms with van der Waals surface area (Å²) in [5.41, 5.74) is 5.55. The zero-order valence-corrected chi connectivity index (χ0v) is 17.1. The Morgan fingerprint density at radius 1 is 1.37 bits per heavy atom. The van der Waals surface area contributed by atoms with Gasteiger partial charge in [-0.25, -0.2) is 0 Å². The molecular weight excluding hydrogens is 376 g/mol. The van der Waals surface area contributed by atoms with Crippen molar-refractivity contribution in [1.82, 2.24) is 15.2 Å². The predicted molar refractivity (Wildman–Crippen MR) is 115 cm³/mol. The number of hydrogen-bond donors (Lipinski definition) is 1. The molecule has 0 spiro atoms. The number of rotatable bonds is 5. The second-order valence-electron chi connectivity index (χ2n) is 7.48. The van der Waals surface area contributed by atoms with E-state index in [1.54, 1.807) is 24.2 Å². The number of likely N-dealkylation sites (tertiary alicyclic amines) is 1. The molecule has 6 heteroatoms. The number of carbonyl (C=O) groups is 1. The quantitative estimate of drug-likeness (QED) is 0.780. The smallest absolute Gasteiger partial charge is 0.269 e. The molecule has 1 aromatic carbocycles. The highest BCUT2D eigenvalue weighted by atomic mass is 16.5. The molecule has 1 fully saturated rings. The fourth-order valence-corrected chi connectivity index (χ4v) is 3.95. The first-order valence-electron chi connectivity index (χ1n) is 10.1. The minimum atomic E-state index is -0.132. The highest BCUT2D eigenvalue weighted by molar-refractivity contribution is 5.93. The molecule has 152 valence electrons. The number of carbonyl (C=O) groups excluding carboxylic acids is 1. The van der Waals surface area contributed by atoms with Crippen molar-refractivity contribution < 1.29 is 9.53 Å². The molecule has 2 heterocycles. The van der Waals surface area contributed by atoms with Crippen LogP contribution in [-0.2, 0) is 9.53 Å². The van der Waals surface area contributed by atoms with Crippen LogP contribution in [0, 0.1) is 11.3 Å². The molecule has 1 aliphatic heterocycles. The van der Waals surface area contributed by atoms with Crippen molar-refractivity contribution in [3.05, 3.63) is 76.8 Å². The van der Waals surface area contributed by atoms with Gasteiger partial charge in [0.15, 0.2) is 0 Å². The van der Waals surface area contributed by atoms with Crippen LogP contribution in [0.5, 0.6) is 0 Å². The van der Waals surface area contributed by atoms with Gasteiger partial charge < -0.3 is 15.0 Å². The average molecular weight is 400 g/mol. The summed E-state index contributed by atoms with van der Waals surface area (Å²) in [6.07, 6.45) is 8.13. The van der Waals surface area contributed by atoms with Gasteiger partial charge in [-0.15, -0.1) is 0 Å². The van der Waals surface area contributed by atoms with Crippen LogP contribution < -0.4 is 5.32 Å². The van der Waals surface area contributed by atoms with E-state index in [-0.39, 0.29) is 18.1 Å². The Bertz CT molecular complexity index is 1060. The van der Waals surface area contributed by atoms with Crippen molar-refractivity contribution in [3.63, 3.8) is 0 Å². The summed E-state index contributed by atoms with van der Waals surface area (Å²) in [6, 6.07) is 11.8. The molecule has 0 saturated carbocycles. The van der Waals surface area contributed by atoms with Crippen LogP contribution in [0.15, 0.2) is 54.5 Å². The number of pyridine rings is 1. The zero-order valence-electron chi connectivity index (χ0n) is 17.1. The Hall–Kier alpha value is -3.43. The minimum Gasteiger partial charge on any atom is -0.384 e.